The van der Waals surface area contributed by atoms with Crippen LogP contribution in [-0.4, -0.2) is 44.1 Å². The number of piperidine rings is 1. The Balaban J connectivity index is 2.04. The van der Waals surface area contributed by atoms with E-state index in [9.17, 15) is 5.11 Å². The molecule has 1 heterocycles. The van der Waals surface area contributed by atoms with Crippen LogP contribution in [0.4, 0.5) is 5.69 Å². The minimum absolute atomic E-state index is 0.511. The topological polar surface area (TPSA) is 44.7 Å². The maximum Gasteiger partial charge on any atom is 0.0653 e. The summed E-state index contributed by atoms with van der Waals surface area (Å²) < 4.78 is 6.16. The van der Waals surface area contributed by atoms with Crippen LogP contribution in [0.1, 0.15) is 25.3 Å². The minimum atomic E-state index is -0.511. The Morgan fingerprint density at radius 2 is 2.10 bits per heavy atom. The van der Waals surface area contributed by atoms with E-state index in [0.29, 0.717) is 0 Å². The third-order valence-corrected chi connectivity index (χ3v) is 4.51. The second-order valence-corrected chi connectivity index (χ2v) is 6.84. The summed E-state index contributed by atoms with van der Waals surface area (Å²) in [6, 6.07) is 6.42. The van der Waals surface area contributed by atoms with Gasteiger partial charge in [0.25, 0.3) is 0 Å². The number of hydrogen-bond donors (Lipinski definition) is 2. The molecule has 0 aliphatic carbocycles. The fraction of sp³-hybridized carbons (Fsp3) is 0.625. The molecular formula is C16H25BrN2O2. The van der Waals surface area contributed by atoms with Crippen molar-refractivity contribution in [1.82, 2.24) is 5.32 Å². The van der Waals surface area contributed by atoms with E-state index in [0.717, 1.165) is 50.1 Å². The molecule has 0 bridgehead atoms. The van der Waals surface area contributed by atoms with E-state index in [1.54, 1.807) is 7.11 Å². The molecule has 0 amide bonds. The van der Waals surface area contributed by atoms with Crippen LogP contribution in [0.15, 0.2) is 22.7 Å². The van der Waals surface area contributed by atoms with Gasteiger partial charge in [-0.3, -0.25) is 0 Å². The second kappa shape index (κ2) is 7.58. The minimum Gasteiger partial charge on any atom is -0.390 e. The van der Waals surface area contributed by atoms with Gasteiger partial charge < -0.3 is 20.1 Å². The van der Waals surface area contributed by atoms with E-state index in [4.69, 9.17) is 4.74 Å². The third kappa shape index (κ3) is 4.95. The molecule has 1 aliphatic heterocycles. The molecule has 1 aromatic rings. The summed E-state index contributed by atoms with van der Waals surface area (Å²) in [6.45, 7) is 6.12. The van der Waals surface area contributed by atoms with Crippen LogP contribution >= 0.6 is 15.9 Å². The molecule has 1 saturated heterocycles. The molecule has 1 fully saturated rings. The summed E-state index contributed by atoms with van der Waals surface area (Å²) in [6.07, 6.45) is 1.64. The largest absolute Gasteiger partial charge is 0.390 e. The normalized spacial score (nSPS) is 18.0. The number of rotatable bonds is 6. The van der Waals surface area contributed by atoms with Crippen LogP contribution in [0.3, 0.4) is 0 Å². The maximum atomic E-state index is 10.1. The molecule has 1 aromatic carbocycles. The Labute approximate surface area is 135 Å². The van der Waals surface area contributed by atoms with Gasteiger partial charge in [0.2, 0.25) is 0 Å². The van der Waals surface area contributed by atoms with Crippen molar-refractivity contribution < 1.29 is 9.84 Å². The number of nitrogens with one attached hydrogen (secondary N) is 1. The number of hydrogen-bond acceptors (Lipinski definition) is 4. The summed E-state index contributed by atoms with van der Waals surface area (Å²) in [4.78, 5) is 2.37. The Morgan fingerprint density at radius 1 is 1.38 bits per heavy atom. The second-order valence-electron chi connectivity index (χ2n) is 5.93. The Morgan fingerprint density at radius 3 is 2.76 bits per heavy atom. The standard InChI is InChI=1S/C16H25BrN2O2/c1-16(20)5-8-19(9-6-16)15-4-3-14(17)11-13(15)12-18-7-10-21-2/h3-4,11,18,20H,5-10,12H2,1-2H3. The quantitative estimate of drug-likeness (QED) is 0.768. The number of benzene rings is 1. The number of halogens is 1. The lowest BCUT2D eigenvalue weighted by Crippen LogP contribution is -2.42. The maximum absolute atomic E-state index is 10.1. The number of nitrogens with zero attached hydrogens (tertiary/aromatic N) is 1. The highest BCUT2D eigenvalue weighted by molar-refractivity contribution is 9.10. The van der Waals surface area contributed by atoms with Crippen molar-refractivity contribution in [3.63, 3.8) is 0 Å². The molecule has 5 heteroatoms. The fourth-order valence-corrected chi connectivity index (χ4v) is 3.04. The molecule has 2 rings (SSSR count). The van der Waals surface area contributed by atoms with Gasteiger partial charge in [-0.25, -0.2) is 0 Å². The average Bonchev–Trinajstić information content (AvgIpc) is 2.44. The van der Waals surface area contributed by atoms with Crippen LogP contribution in [0.5, 0.6) is 0 Å². The van der Waals surface area contributed by atoms with Crippen molar-refractivity contribution in [2.45, 2.75) is 31.9 Å². The van der Waals surface area contributed by atoms with Gasteiger partial charge in [-0.15, -0.1) is 0 Å². The number of methoxy groups -OCH3 is 1. The van der Waals surface area contributed by atoms with E-state index >= 15 is 0 Å². The van der Waals surface area contributed by atoms with Crippen molar-refractivity contribution in [3.8, 4) is 0 Å². The monoisotopic (exact) mass is 356 g/mol. The van der Waals surface area contributed by atoms with Crippen LogP contribution in [0.25, 0.3) is 0 Å². The molecule has 0 atom stereocenters. The number of anilines is 1. The molecule has 0 saturated carbocycles. The van der Waals surface area contributed by atoms with Crippen LogP contribution in [0, 0.1) is 0 Å². The van der Waals surface area contributed by atoms with Crippen molar-refractivity contribution in [2.75, 3.05) is 38.3 Å². The summed E-state index contributed by atoms with van der Waals surface area (Å²) >= 11 is 3.55. The Kier molecular flexibility index (Phi) is 6.05. The predicted octanol–water partition coefficient (Wildman–Crippen LogP) is 2.54. The molecule has 4 nitrogen and oxygen atoms in total. The van der Waals surface area contributed by atoms with Gasteiger partial charge in [-0.2, -0.15) is 0 Å². The van der Waals surface area contributed by atoms with E-state index < -0.39 is 5.60 Å². The number of aliphatic hydroxyl groups is 1. The molecule has 21 heavy (non-hydrogen) atoms. The van der Waals surface area contributed by atoms with Crippen molar-refractivity contribution >= 4 is 21.6 Å². The summed E-state index contributed by atoms with van der Waals surface area (Å²) in [5.41, 5.74) is 2.03. The highest BCUT2D eigenvalue weighted by atomic mass is 79.9. The lowest BCUT2D eigenvalue weighted by molar-refractivity contribution is 0.0351. The van der Waals surface area contributed by atoms with Crippen LogP contribution < -0.4 is 10.2 Å². The smallest absolute Gasteiger partial charge is 0.0653 e. The number of ether oxygens (including phenoxy) is 1. The lowest BCUT2D eigenvalue weighted by Gasteiger charge is -2.38. The molecule has 1 aliphatic rings. The molecule has 2 N–H and O–H groups in total. The van der Waals surface area contributed by atoms with Gasteiger partial charge in [-0.1, -0.05) is 15.9 Å². The van der Waals surface area contributed by atoms with E-state index in [-0.39, 0.29) is 0 Å². The summed E-state index contributed by atoms with van der Waals surface area (Å²) in [7, 11) is 1.71. The van der Waals surface area contributed by atoms with Crippen molar-refractivity contribution in [2.24, 2.45) is 0 Å². The highest BCUT2D eigenvalue weighted by Gasteiger charge is 2.28. The zero-order valence-electron chi connectivity index (χ0n) is 12.9. The molecule has 0 unspecified atom stereocenters. The molecule has 0 spiro atoms. The van der Waals surface area contributed by atoms with Crippen molar-refractivity contribution in [1.29, 1.82) is 0 Å². The average molecular weight is 357 g/mol. The van der Waals surface area contributed by atoms with Gasteiger partial charge in [0.15, 0.2) is 0 Å². The molecule has 118 valence electrons. The molecule has 0 radical (unpaired) electrons. The van der Waals surface area contributed by atoms with Crippen LogP contribution in [0.2, 0.25) is 0 Å². The summed E-state index contributed by atoms with van der Waals surface area (Å²) in [5, 5.41) is 13.5. The van der Waals surface area contributed by atoms with Gasteiger partial charge >= 0.3 is 0 Å². The molecule has 0 aromatic heterocycles. The van der Waals surface area contributed by atoms with Crippen molar-refractivity contribution in [3.05, 3.63) is 28.2 Å². The third-order valence-electron chi connectivity index (χ3n) is 4.02. The van der Waals surface area contributed by atoms with E-state index in [1.807, 2.05) is 6.92 Å². The Hall–Kier alpha value is -0.620. The first kappa shape index (κ1) is 16.7. The summed E-state index contributed by atoms with van der Waals surface area (Å²) in [5.74, 6) is 0. The zero-order valence-corrected chi connectivity index (χ0v) is 14.4. The fourth-order valence-electron chi connectivity index (χ4n) is 2.63. The molecular weight excluding hydrogens is 332 g/mol. The first-order valence-electron chi connectivity index (χ1n) is 7.47. The highest BCUT2D eigenvalue weighted by Crippen LogP contribution is 2.30. The first-order chi connectivity index (χ1) is 10.0. The van der Waals surface area contributed by atoms with E-state index in [1.165, 1.54) is 11.3 Å². The van der Waals surface area contributed by atoms with Gasteiger partial charge in [0, 0.05) is 43.4 Å². The first-order valence-corrected chi connectivity index (χ1v) is 8.26. The lowest BCUT2D eigenvalue weighted by atomic mass is 9.93. The van der Waals surface area contributed by atoms with Crippen LogP contribution in [-0.2, 0) is 11.3 Å². The van der Waals surface area contributed by atoms with E-state index in [2.05, 4.69) is 44.3 Å². The van der Waals surface area contributed by atoms with Gasteiger partial charge in [0.05, 0.1) is 12.2 Å². The Bertz CT molecular complexity index is 456. The zero-order chi connectivity index (χ0) is 15.3. The van der Waals surface area contributed by atoms with Gasteiger partial charge in [0.1, 0.15) is 0 Å². The predicted molar refractivity (Wildman–Crippen MR) is 89.8 cm³/mol. The van der Waals surface area contributed by atoms with Gasteiger partial charge in [-0.05, 0) is 43.5 Å². The SMILES string of the molecule is COCCNCc1cc(Br)ccc1N1CCC(C)(O)CC1.